The normalized spacial score (nSPS) is 18.9. The zero-order chi connectivity index (χ0) is 20.8. The van der Waals surface area contributed by atoms with Crippen LogP contribution in [0.1, 0.15) is 49.4 Å². The van der Waals surface area contributed by atoms with E-state index in [0.717, 1.165) is 38.2 Å². The van der Waals surface area contributed by atoms with Gasteiger partial charge in [-0.1, -0.05) is 19.8 Å². The summed E-state index contributed by atoms with van der Waals surface area (Å²) < 4.78 is 20.1. The minimum absolute atomic E-state index is 0.0383. The quantitative estimate of drug-likeness (QED) is 0.534. The molecule has 2 heterocycles. The molecule has 29 heavy (non-hydrogen) atoms. The molecule has 1 saturated carbocycles. The Hall–Kier alpha value is -2.94. The molecule has 8 nitrogen and oxygen atoms in total. The van der Waals surface area contributed by atoms with Gasteiger partial charge in [-0.2, -0.15) is 0 Å². The molecule has 0 bridgehead atoms. The Labute approximate surface area is 169 Å². The minimum atomic E-state index is -0.781. The summed E-state index contributed by atoms with van der Waals surface area (Å²) in [6.07, 6.45) is 6.22. The van der Waals surface area contributed by atoms with Gasteiger partial charge in [0.05, 0.1) is 12.2 Å². The third kappa shape index (κ3) is 5.32. The number of amides is 1. The molecule has 9 heteroatoms. The highest BCUT2D eigenvalue weighted by Gasteiger charge is 2.24. The molecule has 1 aliphatic carbocycles. The highest BCUT2D eigenvalue weighted by Crippen LogP contribution is 2.27. The van der Waals surface area contributed by atoms with Crippen molar-refractivity contribution >= 4 is 23.2 Å². The van der Waals surface area contributed by atoms with Crippen LogP contribution in [0.3, 0.4) is 0 Å². The summed E-state index contributed by atoms with van der Waals surface area (Å²) in [4.78, 5) is 20.3. The van der Waals surface area contributed by atoms with E-state index < -0.39 is 11.7 Å². The molecular weight excluding hydrogens is 375 g/mol. The van der Waals surface area contributed by atoms with Gasteiger partial charge in [0, 0.05) is 30.0 Å². The van der Waals surface area contributed by atoms with E-state index in [1.165, 1.54) is 0 Å². The summed E-state index contributed by atoms with van der Waals surface area (Å²) in [5.74, 6) is -0.805. The lowest BCUT2D eigenvalue weighted by molar-refractivity contribution is 0.100. The number of carbonyl (C=O) groups excluding carboxylic acids is 1. The molecule has 156 valence electrons. The van der Waals surface area contributed by atoms with Crippen molar-refractivity contribution in [2.75, 3.05) is 17.2 Å². The summed E-state index contributed by atoms with van der Waals surface area (Å²) in [6.45, 7) is 2.53. The van der Waals surface area contributed by atoms with Crippen LogP contribution in [0.15, 0.2) is 24.4 Å². The van der Waals surface area contributed by atoms with Crippen LogP contribution in [-0.4, -0.2) is 34.6 Å². The summed E-state index contributed by atoms with van der Waals surface area (Å²) >= 11 is 0. The van der Waals surface area contributed by atoms with Crippen LogP contribution in [0.5, 0.6) is 5.88 Å². The number of nitrogens with two attached hydrogens (primary N) is 2. The Bertz CT molecular complexity index is 863. The van der Waals surface area contributed by atoms with E-state index in [2.05, 4.69) is 20.6 Å². The monoisotopic (exact) mass is 402 g/mol. The zero-order valence-electron chi connectivity index (χ0n) is 16.5. The molecule has 1 amide bonds. The standard InChI is InChI=1S/C20H27FN6O2/c1-2-9-29-17-10-12(7-8-24-17)25-19-13(18(23)28)11-14(21)20(27-19)26-16-6-4-3-5-15(16)22/h7-8,10-11,15-16H,2-6,9,22H2,1H3,(H2,23,28)(H2,24,25,26,27). The van der Waals surface area contributed by atoms with Gasteiger partial charge in [0.25, 0.3) is 5.91 Å². The summed E-state index contributed by atoms with van der Waals surface area (Å²) in [7, 11) is 0. The molecule has 2 atom stereocenters. The van der Waals surface area contributed by atoms with E-state index in [1.54, 1.807) is 18.3 Å². The number of hydrogen-bond donors (Lipinski definition) is 4. The van der Waals surface area contributed by atoms with Gasteiger partial charge in [-0.15, -0.1) is 0 Å². The van der Waals surface area contributed by atoms with Crippen LogP contribution in [0.2, 0.25) is 0 Å². The van der Waals surface area contributed by atoms with E-state index in [0.29, 0.717) is 18.2 Å². The first-order valence-electron chi connectivity index (χ1n) is 9.86. The summed E-state index contributed by atoms with van der Waals surface area (Å²) in [6, 6.07) is 4.31. The Morgan fingerprint density at radius 1 is 1.31 bits per heavy atom. The average molecular weight is 402 g/mol. The summed E-state index contributed by atoms with van der Waals surface area (Å²) in [5.41, 5.74) is 12.1. The second kappa shape index (κ2) is 9.51. The van der Waals surface area contributed by atoms with Crippen LogP contribution in [0.25, 0.3) is 0 Å². The van der Waals surface area contributed by atoms with Crippen molar-refractivity contribution in [1.29, 1.82) is 0 Å². The van der Waals surface area contributed by atoms with E-state index in [-0.39, 0.29) is 29.3 Å². The number of hydrogen-bond acceptors (Lipinski definition) is 7. The molecule has 1 fully saturated rings. The fourth-order valence-corrected chi connectivity index (χ4v) is 3.30. The number of nitrogens with one attached hydrogen (secondary N) is 2. The van der Waals surface area contributed by atoms with Crippen molar-refractivity contribution in [2.24, 2.45) is 11.5 Å². The van der Waals surface area contributed by atoms with Crippen molar-refractivity contribution in [1.82, 2.24) is 9.97 Å². The number of ether oxygens (including phenoxy) is 1. The molecular formula is C20H27FN6O2. The molecule has 6 N–H and O–H groups in total. The smallest absolute Gasteiger partial charge is 0.252 e. The number of primary amides is 1. The molecule has 3 rings (SSSR count). The predicted octanol–water partition coefficient (Wildman–Crippen LogP) is 2.93. The Kier molecular flexibility index (Phi) is 6.82. The number of halogens is 1. The first-order chi connectivity index (χ1) is 14.0. The third-order valence-corrected chi connectivity index (χ3v) is 4.83. The Morgan fingerprint density at radius 2 is 2.10 bits per heavy atom. The molecule has 0 radical (unpaired) electrons. The van der Waals surface area contributed by atoms with Gasteiger partial charge in [0.15, 0.2) is 11.6 Å². The largest absolute Gasteiger partial charge is 0.478 e. The van der Waals surface area contributed by atoms with Gasteiger partial charge >= 0.3 is 0 Å². The van der Waals surface area contributed by atoms with Crippen LogP contribution in [-0.2, 0) is 0 Å². The van der Waals surface area contributed by atoms with Crippen molar-refractivity contribution in [3.63, 3.8) is 0 Å². The second-order valence-electron chi connectivity index (χ2n) is 7.13. The SMILES string of the molecule is CCCOc1cc(Nc2nc(NC3CCCCC3N)c(F)cc2C(N)=O)ccn1. The van der Waals surface area contributed by atoms with Crippen LogP contribution < -0.4 is 26.8 Å². The third-order valence-electron chi connectivity index (χ3n) is 4.83. The number of aromatic nitrogens is 2. The van der Waals surface area contributed by atoms with Crippen LogP contribution >= 0.6 is 0 Å². The first kappa shape index (κ1) is 20.8. The zero-order valence-corrected chi connectivity index (χ0v) is 16.5. The van der Waals surface area contributed by atoms with Gasteiger partial charge in [0.1, 0.15) is 5.82 Å². The number of anilines is 3. The van der Waals surface area contributed by atoms with Crippen LogP contribution in [0, 0.1) is 5.82 Å². The Balaban J connectivity index is 1.87. The highest BCUT2D eigenvalue weighted by atomic mass is 19.1. The van der Waals surface area contributed by atoms with Crippen molar-refractivity contribution < 1.29 is 13.9 Å². The first-order valence-corrected chi connectivity index (χ1v) is 9.86. The minimum Gasteiger partial charge on any atom is -0.478 e. The molecule has 0 aliphatic heterocycles. The molecule has 2 aromatic rings. The number of rotatable bonds is 8. The van der Waals surface area contributed by atoms with Gasteiger partial charge in [-0.3, -0.25) is 4.79 Å². The van der Waals surface area contributed by atoms with Crippen molar-refractivity contribution in [3.8, 4) is 5.88 Å². The van der Waals surface area contributed by atoms with Crippen LogP contribution in [0.4, 0.5) is 21.7 Å². The number of nitrogens with zero attached hydrogens (tertiary/aromatic N) is 2. The van der Waals surface area contributed by atoms with Gasteiger partial charge in [-0.25, -0.2) is 14.4 Å². The fraction of sp³-hybridized carbons (Fsp3) is 0.450. The average Bonchev–Trinajstić information content (AvgIpc) is 2.70. The highest BCUT2D eigenvalue weighted by molar-refractivity contribution is 5.98. The summed E-state index contributed by atoms with van der Waals surface area (Å²) in [5, 5.41) is 6.11. The molecule has 1 aliphatic rings. The lowest BCUT2D eigenvalue weighted by atomic mass is 9.91. The maximum absolute atomic E-state index is 14.6. The molecule has 2 unspecified atom stereocenters. The van der Waals surface area contributed by atoms with Gasteiger partial charge in [-0.05, 0) is 31.4 Å². The van der Waals surface area contributed by atoms with E-state index in [9.17, 15) is 9.18 Å². The van der Waals surface area contributed by atoms with E-state index >= 15 is 0 Å². The lowest BCUT2D eigenvalue weighted by Gasteiger charge is -2.30. The molecule has 0 spiro atoms. The molecule has 0 aromatic carbocycles. The molecule has 0 saturated heterocycles. The fourth-order valence-electron chi connectivity index (χ4n) is 3.30. The molecule has 2 aromatic heterocycles. The van der Waals surface area contributed by atoms with E-state index in [1.807, 2.05) is 6.92 Å². The van der Waals surface area contributed by atoms with Crippen molar-refractivity contribution in [2.45, 2.75) is 51.1 Å². The Morgan fingerprint density at radius 3 is 2.83 bits per heavy atom. The lowest BCUT2D eigenvalue weighted by Crippen LogP contribution is -2.43. The van der Waals surface area contributed by atoms with Gasteiger partial charge < -0.3 is 26.8 Å². The van der Waals surface area contributed by atoms with E-state index in [4.69, 9.17) is 16.2 Å². The predicted molar refractivity (Wildman–Crippen MR) is 110 cm³/mol. The number of carbonyl (C=O) groups is 1. The maximum Gasteiger partial charge on any atom is 0.252 e. The second-order valence-corrected chi connectivity index (χ2v) is 7.13. The van der Waals surface area contributed by atoms with Crippen molar-refractivity contribution in [3.05, 3.63) is 35.8 Å². The maximum atomic E-state index is 14.6. The topological polar surface area (TPSA) is 128 Å². The van der Waals surface area contributed by atoms with Gasteiger partial charge in [0.2, 0.25) is 5.88 Å². The number of pyridine rings is 2.